The van der Waals surface area contributed by atoms with E-state index in [0.717, 1.165) is 30.4 Å². The van der Waals surface area contributed by atoms with E-state index in [2.05, 4.69) is 31.2 Å². The van der Waals surface area contributed by atoms with Crippen LogP contribution in [-0.2, 0) is 0 Å². The first kappa shape index (κ1) is 11.1. The van der Waals surface area contributed by atoms with Crippen molar-refractivity contribution < 1.29 is 4.11 Å². The van der Waals surface area contributed by atoms with E-state index in [1.165, 1.54) is 5.56 Å². The van der Waals surface area contributed by atoms with Crippen molar-refractivity contribution in [3.63, 3.8) is 0 Å². The Balaban J connectivity index is 1.83. The third-order valence-electron chi connectivity index (χ3n) is 4.41. The molecule has 0 spiro atoms. The zero-order valence-electron chi connectivity index (χ0n) is 15.8. The zero-order valence-corrected chi connectivity index (χ0v) is 12.8. The molecule has 0 aliphatic heterocycles. The molecule has 110 valence electrons. The van der Waals surface area contributed by atoms with Crippen LogP contribution in [0.25, 0.3) is 11.1 Å². The molecule has 3 atom stereocenters. The lowest BCUT2D eigenvalue weighted by Crippen LogP contribution is -2.13. The molecule has 0 heterocycles. The van der Waals surface area contributed by atoms with Crippen LogP contribution in [0.3, 0.4) is 0 Å². The molecule has 0 radical (unpaired) electrons. The van der Waals surface area contributed by atoms with Gasteiger partial charge in [-0.1, -0.05) is 74.4 Å². The van der Waals surface area contributed by atoms with Crippen molar-refractivity contribution in [3.05, 3.63) is 60.2 Å². The summed E-state index contributed by atoms with van der Waals surface area (Å²) in [4.78, 5) is 0. The fourth-order valence-electron chi connectivity index (χ4n) is 3.18. The quantitative estimate of drug-likeness (QED) is 0.606. The lowest BCUT2D eigenvalue weighted by molar-refractivity contribution is 0.308. The Bertz CT molecular complexity index is 649. The summed E-state index contributed by atoms with van der Waals surface area (Å²) in [5.74, 6) is 0.0303. The average Bonchev–Trinajstić information content (AvgIpc) is 2.55. The van der Waals surface area contributed by atoms with Crippen molar-refractivity contribution in [2.75, 3.05) is 0 Å². The number of hydrogen-bond acceptors (Lipinski definition) is 0. The number of hydrogen-bond donors (Lipinski definition) is 0. The standard InChI is InChI=1S/C21H26/c1-2-6-17-9-11-19(12-10-17)21-15-13-20(14-16-21)18-7-4-3-5-8-18/h3-5,7-8,13-17,19H,2,6,9-12H2,1H3/t17-,19-/i11D,12D2/t11?,17-,19-/m0/s1. The van der Waals surface area contributed by atoms with E-state index in [-0.39, 0.29) is 12.3 Å². The highest BCUT2D eigenvalue weighted by Crippen LogP contribution is 2.37. The second-order valence-corrected chi connectivity index (χ2v) is 6.00. The molecule has 1 fully saturated rings. The average molecular weight is 281 g/mol. The Kier molecular flexibility index (Phi) is 3.65. The molecule has 0 amide bonds. The van der Waals surface area contributed by atoms with Crippen molar-refractivity contribution in [1.29, 1.82) is 0 Å². The van der Waals surface area contributed by atoms with E-state index < -0.39 is 6.37 Å². The van der Waals surface area contributed by atoms with Crippen molar-refractivity contribution in [2.24, 2.45) is 5.92 Å². The second kappa shape index (κ2) is 6.93. The highest BCUT2D eigenvalue weighted by Gasteiger charge is 2.21. The first-order valence-corrected chi connectivity index (χ1v) is 8.09. The van der Waals surface area contributed by atoms with Crippen LogP contribution in [0.4, 0.5) is 0 Å². The van der Waals surface area contributed by atoms with Crippen LogP contribution in [0.5, 0.6) is 0 Å². The Morgan fingerprint density at radius 3 is 2.33 bits per heavy atom. The molecule has 1 aliphatic carbocycles. The lowest BCUT2D eigenvalue weighted by atomic mass is 9.77. The first-order chi connectivity index (χ1) is 11.5. The summed E-state index contributed by atoms with van der Waals surface area (Å²) in [5, 5.41) is 0. The van der Waals surface area contributed by atoms with Crippen molar-refractivity contribution in [2.45, 2.75) is 51.3 Å². The van der Waals surface area contributed by atoms with E-state index in [9.17, 15) is 0 Å². The molecule has 1 saturated carbocycles. The highest BCUT2D eigenvalue weighted by atomic mass is 14.3. The van der Waals surface area contributed by atoms with Gasteiger partial charge >= 0.3 is 0 Å². The third-order valence-corrected chi connectivity index (χ3v) is 4.41. The molecule has 0 bridgehead atoms. The van der Waals surface area contributed by atoms with Gasteiger partial charge in [0, 0.05) is 4.11 Å². The monoisotopic (exact) mass is 281 g/mol. The molecule has 21 heavy (non-hydrogen) atoms. The van der Waals surface area contributed by atoms with Gasteiger partial charge in [-0.15, -0.1) is 0 Å². The minimum atomic E-state index is -1.29. The summed E-state index contributed by atoms with van der Waals surface area (Å²) in [6.45, 7) is 2.14. The Hall–Kier alpha value is -1.56. The van der Waals surface area contributed by atoms with Gasteiger partial charge in [0.1, 0.15) is 0 Å². The maximum atomic E-state index is 8.52. The van der Waals surface area contributed by atoms with Gasteiger partial charge in [-0.25, -0.2) is 0 Å². The van der Waals surface area contributed by atoms with Crippen LogP contribution < -0.4 is 0 Å². The Labute approximate surface area is 133 Å². The third kappa shape index (κ3) is 3.56. The summed E-state index contributed by atoms with van der Waals surface area (Å²) in [7, 11) is 0. The minimum absolute atomic E-state index is 0.324. The number of benzene rings is 2. The predicted octanol–water partition coefficient (Wildman–Crippen LogP) is 6.43. The zero-order chi connectivity index (χ0) is 17.2. The van der Waals surface area contributed by atoms with Crippen LogP contribution in [0.2, 0.25) is 0 Å². The normalized spacial score (nSPS) is 30.1. The summed E-state index contributed by atoms with van der Waals surface area (Å²) < 4.78 is 25.6. The molecule has 0 aromatic heterocycles. The molecular weight excluding hydrogens is 252 g/mol. The van der Waals surface area contributed by atoms with E-state index in [4.69, 9.17) is 4.11 Å². The SMILES string of the molecule is [2H]C1C[C@H](CCC)CC([2H])([2H])[C@H]1c1ccc(-c2ccccc2)cc1. The van der Waals surface area contributed by atoms with E-state index in [1.54, 1.807) is 0 Å². The Morgan fingerprint density at radius 2 is 1.67 bits per heavy atom. The van der Waals surface area contributed by atoms with Gasteiger partial charge in [0.15, 0.2) is 0 Å². The maximum absolute atomic E-state index is 8.52. The topological polar surface area (TPSA) is 0 Å². The molecule has 0 saturated heterocycles. The van der Waals surface area contributed by atoms with Crippen LogP contribution in [-0.4, -0.2) is 0 Å². The van der Waals surface area contributed by atoms with Crippen LogP contribution in [0.1, 0.15) is 61.0 Å². The van der Waals surface area contributed by atoms with Crippen LogP contribution in [0.15, 0.2) is 54.6 Å². The smallest absolute Gasteiger partial charge is 0.0273 e. The van der Waals surface area contributed by atoms with E-state index in [1.807, 2.05) is 30.3 Å². The van der Waals surface area contributed by atoms with Crippen molar-refractivity contribution in [1.82, 2.24) is 0 Å². The first-order valence-electron chi connectivity index (χ1n) is 9.66. The molecule has 0 nitrogen and oxygen atoms in total. The van der Waals surface area contributed by atoms with E-state index >= 15 is 0 Å². The van der Waals surface area contributed by atoms with Crippen LogP contribution >= 0.6 is 0 Å². The fourth-order valence-corrected chi connectivity index (χ4v) is 3.18. The molecule has 1 unspecified atom stereocenters. The largest absolute Gasteiger partial charge is 0.0654 e. The summed E-state index contributed by atoms with van der Waals surface area (Å²) in [5.41, 5.74) is 3.27. The molecular formula is C21H26. The molecule has 2 aromatic carbocycles. The second-order valence-electron chi connectivity index (χ2n) is 6.00. The summed E-state index contributed by atoms with van der Waals surface area (Å²) in [6.07, 6.45) is 1.87. The fraction of sp³-hybridized carbons (Fsp3) is 0.429. The van der Waals surface area contributed by atoms with E-state index in [0.29, 0.717) is 12.3 Å². The van der Waals surface area contributed by atoms with Crippen molar-refractivity contribution in [3.8, 4) is 11.1 Å². The van der Waals surface area contributed by atoms with Crippen molar-refractivity contribution >= 4 is 0 Å². The molecule has 1 aliphatic rings. The van der Waals surface area contributed by atoms with Gasteiger partial charge in [-0.3, -0.25) is 0 Å². The number of rotatable bonds is 4. The van der Waals surface area contributed by atoms with Gasteiger partial charge in [-0.2, -0.15) is 0 Å². The molecule has 3 rings (SSSR count). The van der Waals surface area contributed by atoms with Gasteiger partial charge < -0.3 is 0 Å². The van der Waals surface area contributed by atoms with Gasteiger partial charge in [0.25, 0.3) is 0 Å². The van der Waals surface area contributed by atoms with Gasteiger partial charge in [-0.05, 0) is 54.1 Å². The lowest BCUT2D eigenvalue weighted by Gasteiger charge is -2.28. The highest BCUT2D eigenvalue weighted by molar-refractivity contribution is 5.63. The van der Waals surface area contributed by atoms with Gasteiger partial charge in [0.05, 0.1) is 0 Å². The van der Waals surface area contributed by atoms with Crippen LogP contribution in [0, 0.1) is 5.92 Å². The molecule has 0 N–H and O–H groups in total. The van der Waals surface area contributed by atoms with Gasteiger partial charge in [0.2, 0.25) is 0 Å². The maximum Gasteiger partial charge on any atom is 0.0273 e. The summed E-state index contributed by atoms with van der Waals surface area (Å²) >= 11 is 0. The molecule has 2 aromatic rings. The minimum Gasteiger partial charge on any atom is -0.0654 e. The summed E-state index contributed by atoms with van der Waals surface area (Å²) in [6, 6.07) is 18.4. The molecule has 0 heteroatoms. The predicted molar refractivity (Wildman–Crippen MR) is 91.5 cm³/mol. The Morgan fingerprint density at radius 1 is 0.952 bits per heavy atom.